The van der Waals surface area contributed by atoms with Gasteiger partial charge >= 0.3 is 0 Å². The monoisotopic (exact) mass is 195 g/mol. The summed E-state index contributed by atoms with van der Waals surface area (Å²) in [4.78, 5) is 24.7. The maximum Gasteiger partial charge on any atom is 0.178 e. The van der Waals surface area contributed by atoms with Crippen LogP contribution in [0.1, 0.15) is 25.6 Å². The third-order valence-electron chi connectivity index (χ3n) is 2.18. The van der Waals surface area contributed by atoms with Crippen molar-refractivity contribution in [2.75, 3.05) is 13.6 Å². The van der Waals surface area contributed by atoms with Crippen molar-refractivity contribution < 1.29 is 9.59 Å². The number of aldehydes is 1. The van der Waals surface area contributed by atoms with Crippen LogP contribution in [0.2, 0.25) is 0 Å². The van der Waals surface area contributed by atoms with E-state index in [1.165, 1.54) is 11.3 Å². The average Bonchev–Trinajstić information content (AvgIpc) is 2.47. The highest BCUT2D eigenvalue weighted by Gasteiger charge is 2.24. The molecule has 0 bridgehead atoms. The van der Waals surface area contributed by atoms with Gasteiger partial charge in [-0.3, -0.25) is 14.5 Å². The largest absolute Gasteiger partial charge is 0.297 e. The molecule has 0 fully saturated rings. The van der Waals surface area contributed by atoms with Crippen molar-refractivity contribution >= 4 is 23.4 Å². The van der Waals surface area contributed by atoms with E-state index in [0.29, 0.717) is 18.0 Å². The van der Waals surface area contributed by atoms with Crippen molar-refractivity contribution in [1.82, 2.24) is 4.90 Å². The molecule has 1 aromatic heterocycles. The number of hydrogen-bond acceptors (Lipinski definition) is 4. The Balaban J connectivity index is 2.51. The number of fused-ring (bicyclic) bond motifs is 1. The number of carbonyl (C=O) groups is 2. The third kappa shape index (κ3) is 1.32. The van der Waals surface area contributed by atoms with Crippen molar-refractivity contribution in [1.29, 1.82) is 0 Å². The Morgan fingerprint density at radius 1 is 1.54 bits per heavy atom. The van der Waals surface area contributed by atoms with Crippen LogP contribution in [0.4, 0.5) is 0 Å². The maximum absolute atomic E-state index is 11.5. The van der Waals surface area contributed by atoms with Gasteiger partial charge in [-0.15, -0.1) is 11.3 Å². The van der Waals surface area contributed by atoms with E-state index in [1.54, 1.807) is 5.38 Å². The van der Waals surface area contributed by atoms with Gasteiger partial charge in [-0.25, -0.2) is 0 Å². The first kappa shape index (κ1) is 8.59. The molecule has 1 aromatic rings. The number of thiophene rings is 1. The fourth-order valence-corrected chi connectivity index (χ4v) is 2.44. The average molecular weight is 195 g/mol. The first-order valence-electron chi connectivity index (χ1n) is 3.99. The molecular weight excluding hydrogens is 186 g/mol. The van der Waals surface area contributed by atoms with E-state index in [1.807, 2.05) is 11.9 Å². The topological polar surface area (TPSA) is 37.4 Å². The fourth-order valence-electron chi connectivity index (χ4n) is 1.55. The molecule has 1 aliphatic rings. The number of hydrogen-bond donors (Lipinski definition) is 0. The first-order chi connectivity index (χ1) is 6.22. The van der Waals surface area contributed by atoms with Gasteiger partial charge in [-0.05, 0) is 12.6 Å². The number of nitrogens with zero attached hydrogens (tertiary/aromatic N) is 1. The molecule has 0 atom stereocenters. The summed E-state index contributed by atoms with van der Waals surface area (Å²) in [6.45, 7) is 1.17. The lowest BCUT2D eigenvalue weighted by atomic mass is 10.0. The van der Waals surface area contributed by atoms with E-state index in [0.717, 1.165) is 17.4 Å². The molecule has 3 nitrogen and oxygen atoms in total. The second kappa shape index (κ2) is 3.05. The van der Waals surface area contributed by atoms with Crippen LogP contribution < -0.4 is 0 Å². The summed E-state index contributed by atoms with van der Waals surface area (Å²) >= 11 is 1.36. The molecule has 2 rings (SSSR count). The van der Waals surface area contributed by atoms with Gasteiger partial charge < -0.3 is 0 Å². The molecular formula is C9H9NO2S. The third-order valence-corrected chi connectivity index (χ3v) is 3.13. The smallest absolute Gasteiger partial charge is 0.178 e. The maximum atomic E-state index is 11.5. The fraction of sp³-hybridized carbons (Fsp3) is 0.333. The van der Waals surface area contributed by atoms with Crippen molar-refractivity contribution in [3.63, 3.8) is 0 Å². The molecule has 68 valence electrons. The first-order valence-corrected chi connectivity index (χ1v) is 4.87. The second-order valence-electron chi connectivity index (χ2n) is 3.21. The van der Waals surface area contributed by atoms with Gasteiger partial charge in [0.2, 0.25) is 0 Å². The second-order valence-corrected chi connectivity index (χ2v) is 4.12. The van der Waals surface area contributed by atoms with Crippen LogP contribution in [-0.4, -0.2) is 30.6 Å². The van der Waals surface area contributed by atoms with Gasteiger partial charge in [-0.2, -0.15) is 0 Å². The summed E-state index contributed by atoms with van der Waals surface area (Å²) in [5.41, 5.74) is 1.64. The zero-order valence-electron chi connectivity index (χ0n) is 7.24. The van der Waals surface area contributed by atoms with E-state index < -0.39 is 0 Å². The minimum atomic E-state index is 0.119. The molecule has 4 heteroatoms. The number of rotatable bonds is 1. The molecule has 0 N–H and O–H groups in total. The lowest BCUT2D eigenvalue weighted by molar-refractivity contribution is 0.0923. The van der Waals surface area contributed by atoms with Crippen LogP contribution in [0.5, 0.6) is 0 Å². The highest BCUT2D eigenvalue weighted by Crippen LogP contribution is 2.26. The van der Waals surface area contributed by atoms with Crippen molar-refractivity contribution in [3.05, 3.63) is 21.4 Å². The Morgan fingerprint density at radius 2 is 2.31 bits per heavy atom. The standard InChI is InChI=1S/C9H9NO2S/c1-10-2-6-7(8(12)3-10)5-13-9(6)4-11/h4-5H,2-3H2,1H3. The predicted molar refractivity (Wildman–Crippen MR) is 50.4 cm³/mol. The Morgan fingerprint density at radius 3 is 3.00 bits per heavy atom. The lowest BCUT2D eigenvalue weighted by Gasteiger charge is -2.21. The number of Topliss-reactive ketones (excluding diaryl/α,β-unsaturated/α-hetero) is 1. The van der Waals surface area contributed by atoms with Crippen LogP contribution in [0.25, 0.3) is 0 Å². The van der Waals surface area contributed by atoms with Crippen LogP contribution in [-0.2, 0) is 6.54 Å². The molecule has 0 aliphatic carbocycles. The molecule has 0 radical (unpaired) electrons. The van der Waals surface area contributed by atoms with Crippen LogP contribution >= 0.6 is 11.3 Å². The molecule has 13 heavy (non-hydrogen) atoms. The van der Waals surface area contributed by atoms with Gasteiger partial charge in [0.05, 0.1) is 11.4 Å². The SMILES string of the molecule is CN1CC(=O)c2csc(C=O)c2C1. The lowest BCUT2D eigenvalue weighted by Crippen LogP contribution is -2.31. The van der Waals surface area contributed by atoms with Crippen LogP contribution in [0.15, 0.2) is 5.38 Å². The summed E-state index contributed by atoms with van der Waals surface area (Å²) in [7, 11) is 1.88. The molecule has 0 spiro atoms. The Kier molecular flexibility index (Phi) is 2.01. The molecule has 0 amide bonds. The molecule has 0 aromatic carbocycles. The Bertz CT molecular complexity index is 370. The number of carbonyl (C=O) groups excluding carboxylic acids is 2. The van der Waals surface area contributed by atoms with E-state index in [4.69, 9.17) is 0 Å². The van der Waals surface area contributed by atoms with E-state index in [9.17, 15) is 9.59 Å². The number of ketones is 1. The minimum Gasteiger partial charge on any atom is -0.297 e. The molecule has 1 aliphatic heterocycles. The van der Waals surface area contributed by atoms with Crippen molar-refractivity contribution in [2.24, 2.45) is 0 Å². The van der Waals surface area contributed by atoms with E-state index >= 15 is 0 Å². The summed E-state index contributed by atoms with van der Waals surface area (Å²) in [6, 6.07) is 0. The zero-order valence-corrected chi connectivity index (χ0v) is 8.06. The highest BCUT2D eigenvalue weighted by molar-refractivity contribution is 7.12. The Hall–Kier alpha value is -1.00. The van der Waals surface area contributed by atoms with Gasteiger partial charge in [0.1, 0.15) is 0 Å². The van der Waals surface area contributed by atoms with Crippen LogP contribution in [0, 0.1) is 0 Å². The summed E-state index contributed by atoms with van der Waals surface area (Å²) in [6.07, 6.45) is 0.829. The van der Waals surface area contributed by atoms with Crippen LogP contribution in [0.3, 0.4) is 0 Å². The normalized spacial score (nSPS) is 17.2. The van der Waals surface area contributed by atoms with Gasteiger partial charge in [0.15, 0.2) is 12.1 Å². The number of likely N-dealkylation sites (N-methyl/N-ethyl adjacent to an activating group) is 1. The molecule has 0 unspecified atom stereocenters. The van der Waals surface area contributed by atoms with Crippen molar-refractivity contribution in [3.8, 4) is 0 Å². The quantitative estimate of drug-likeness (QED) is 0.632. The summed E-state index contributed by atoms with van der Waals surface area (Å²) < 4.78 is 0. The summed E-state index contributed by atoms with van der Waals surface area (Å²) in [5.74, 6) is 0.119. The van der Waals surface area contributed by atoms with E-state index in [2.05, 4.69) is 0 Å². The summed E-state index contributed by atoms with van der Waals surface area (Å²) in [5, 5.41) is 1.79. The Labute approximate surface area is 80.0 Å². The molecule has 2 heterocycles. The van der Waals surface area contributed by atoms with Gasteiger partial charge in [0.25, 0.3) is 0 Å². The van der Waals surface area contributed by atoms with Gasteiger partial charge in [0, 0.05) is 17.5 Å². The van der Waals surface area contributed by atoms with E-state index in [-0.39, 0.29) is 5.78 Å². The zero-order chi connectivity index (χ0) is 9.42. The minimum absolute atomic E-state index is 0.119. The van der Waals surface area contributed by atoms with Gasteiger partial charge in [-0.1, -0.05) is 0 Å². The highest BCUT2D eigenvalue weighted by atomic mass is 32.1. The van der Waals surface area contributed by atoms with Crippen molar-refractivity contribution in [2.45, 2.75) is 6.54 Å². The molecule has 0 saturated carbocycles. The molecule has 0 saturated heterocycles. The predicted octanol–water partition coefficient (Wildman–Crippen LogP) is 1.19.